The molecule has 182 valence electrons. The maximum Gasteiger partial charge on any atom is 0.229 e. The quantitative estimate of drug-likeness (QED) is 0.238. The van der Waals surface area contributed by atoms with E-state index in [0.717, 1.165) is 6.07 Å². The molecular formula is C22H22O12. The topological polar surface area (TPSA) is 200 Å². The van der Waals surface area contributed by atoms with E-state index in [-0.39, 0.29) is 39.5 Å². The number of methoxy groups -OCH3 is 1. The number of ether oxygens (including phenoxy) is 3. The van der Waals surface area contributed by atoms with E-state index < -0.39 is 54.2 Å². The van der Waals surface area contributed by atoms with E-state index in [4.69, 9.17) is 18.6 Å². The zero-order valence-electron chi connectivity index (χ0n) is 17.7. The van der Waals surface area contributed by atoms with Crippen molar-refractivity contribution in [3.05, 3.63) is 40.6 Å². The number of phenolic OH excluding ortho intramolecular Hbond substituents is 3. The largest absolute Gasteiger partial charge is 0.504 e. The minimum atomic E-state index is -1.74. The van der Waals surface area contributed by atoms with Gasteiger partial charge in [0.25, 0.3) is 0 Å². The maximum atomic E-state index is 12.7. The SMILES string of the molecule is COc1c(O[C@@H]2O[C@@H](CO)[C@@H](O)[C@H](O)[C@H]2O)cc2oc(-c3ccc(O)c(O)c3)cc(=O)c2c1O. The smallest absolute Gasteiger partial charge is 0.229 e. The minimum absolute atomic E-state index is 0.00356. The summed E-state index contributed by atoms with van der Waals surface area (Å²) in [7, 11) is 1.19. The first-order valence-corrected chi connectivity index (χ1v) is 10.0. The third kappa shape index (κ3) is 3.97. The molecule has 7 N–H and O–H groups in total. The van der Waals surface area contributed by atoms with Crippen LogP contribution in [0.2, 0.25) is 0 Å². The van der Waals surface area contributed by atoms with Crippen molar-refractivity contribution in [2.45, 2.75) is 30.7 Å². The number of hydrogen-bond donors (Lipinski definition) is 7. The van der Waals surface area contributed by atoms with Gasteiger partial charge in [-0.2, -0.15) is 0 Å². The molecule has 1 aliphatic heterocycles. The first-order chi connectivity index (χ1) is 16.2. The van der Waals surface area contributed by atoms with Crippen molar-refractivity contribution in [3.8, 4) is 40.1 Å². The molecule has 0 bridgehead atoms. The highest BCUT2D eigenvalue weighted by Crippen LogP contribution is 2.43. The molecule has 0 spiro atoms. The van der Waals surface area contributed by atoms with Crippen LogP contribution in [0.25, 0.3) is 22.3 Å². The van der Waals surface area contributed by atoms with E-state index in [1.54, 1.807) is 0 Å². The van der Waals surface area contributed by atoms with Crippen molar-refractivity contribution in [2.75, 3.05) is 13.7 Å². The van der Waals surface area contributed by atoms with Crippen LogP contribution in [0.3, 0.4) is 0 Å². The number of aliphatic hydroxyl groups is 4. The zero-order chi connectivity index (χ0) is 24.7. The standard InChI is InChI=1S/C22H22O12/c1-31-21-14(33-22-20(30)19(29)17(27)15(7-23)34-22)6-13-16(18(21)28)11(26)5-12(32-13)8-2-3-9(24)10(25)4-8/h2-6,15,17,19-20,22-25,27-30H,7H2,1H3/t15-,17+,19-,20+,22+/m0/s1. The summed E-state index contributed by atoms with van der Waals surface area (Å²) in [6, 6.07) is 6.03. The monoisotopic (exact) mass is 478 g/mol. The van der Waals surface area contributed by atoms with Gasteiger partial charge in [-0.15, -0.1) is 0 Å². The molecule has 34 heavy (non-hydrogen) atoms. The van der Waals surface area contributed by atoms with E-state index in [1.165, 1.54) is 31.4 Å². The van der Waals surface area contributed by atoms with Gasteiger partial charge < -0.3 is 54.4 Å². The lowest BCUT2D eigenvalue weighted by atomic mass is 9.99. The number of aromatic hydroxyl groups is 3. The Morgan fingerprint density at radius 2 is 1.71 bits per heavy atom. The summed E-state index contributed by atoms with van der Waals surface area (Å²) >= 11 is 0. The summed E-state index contributed by atoms with van der Waals surface area (Å²) in [6.45, 7) is -0.678. The Labute approximate surface area is 191 Å². The van der Waals surface area contributed by atoms with Crippen molar-refractivity contribution in [3.63, 3.8) is 0 Å². The Bertz CT molecular complexity index is 1270. The fourth-order valence-corrected chi connectivity index (χ4v) is 3.66. The molecule has 0 radical (unpaired) electrons. The molecule has 2 heterocycles. The number of hydrogen-bond acceptors (Lipinski definition) is 12. The molecule has 5 atom stereocenters. The number of aliphatic hydroxyl groups excluding tert-OH is 4. The lowest BCUT2D eigenvalue weighted by Gasteiger charge is -2.39. The van der Waals surface area contributed by atoms with Gasteiger partial charge in [-0.25, -0.2) is 0 Å². The molecule has 4 rings (SSSR count). The third-order valence-corrected chi connectivity index (χ3v) is 5.47. The summed E-state index contributed by atoms with van der Waals surface area (Å²) in [5, 5.41) is 69.2. The van der Waals surface area contributed by atoms with Crippen molar-refractivity contribution in [2.24, 2.45) is 0 Å². The Morgan fingerprint density at radius 3 is 2.35 bits per heavy atom. The Balaban J connectivity index is 1.80. The van der Waals surface area contributed by atoms with E-state index >= 15 is 0 Å². The summed E-state index contributed by atoms with van der Waals surface area (Å²) in [4.78, 5) is 12.7. The average molecular weight is 478 g/mol. The Morgan fingerprint density at radius 1 is 0.971 bits per heavy atom. The lowest BCUT2D eigenvalue weighted by Crippen LogP contribution is -2.60. The summed E-state index contributed by atoms with van der Waals surface area (Å²) in [5.74, 6) is -1.99. The second-order valence-corrected chi connectivity index (χ2v) is 7.62. The predicted molar refractivity (Wildman–Crippen MR) is 114 cm³/mol. The summed E-state index contributed by atoms with van der Waals surface area (Å²) in [6.07, 6.45) is -7.88. The number of phenols is 3. The second-order valence-electron chi connectivity index (χ2n) is 7.62. The molecule has 3 aromatic rings. The minimum Gasteiger partial charge on any atom is -0.504 e. The van der Waals surface area contributed by atoms with Gasteiger partial charge in [-0.05, 0) is 18.2 Å². The van der Waals surface area contributed by atoms with Gasteiger partial charge >= 0.3 is 0 Å². The molecule has 0 aliphatic carbocycles. The predicted octanol–water partition coefficient (Wildman–Crippen LogP) is -0.236. The van der Waals surface area contributed by atoms with Crippen molar-refractivity contribution < 1.29 is 54.4 Å². The van der Waals surface area contributed by atoms with Gasteiger partial charge in [0, 0.05) is 17.7 Å². The molecule has 1 fully saturated rings. The van der Waals surface area contributed by atoms with Crippen LogP contribution in [0.5, 0.6) is 28.7 Å². The molecule has 1 saturated heterocycles. The van der Waals surface area contributed by atoms with Crippen LogP contribution in [-0.2, 0) is 4.74 Å². The highest BCUT2D eigenvalue weighted by molar-refractivity contribution is 5.89. The third-order valence-electron chi connectivity index (χ3n) is 5.47. The maximum absolute atomic E-state index is 12.7. The molecule has 0 amide bonds. The van der Waals surface area contributed by atoms with Gasteiger partial charge in [0.1, 0.15) is 41.1 Å². The zero-order valence-corrected chi connectivity index (χ0v) is 17.7. The number of fused-ring (bicyclic) bond motifs is 1. The molecule has 0 saturated carbocycles. The van der Waals surface area contributed by atoms with Crippen molar-refractivity contribution >= 4 is 11.0 Å². The number of rotatable bonds is 5. The van der Waals surface area contributed by atoms with E-state index in [9.17, 15) is 40.5 Å². The second kappa shape index (κ2) is 9.00. The van der Waals surface area contributed by atoms with Crippen LogP contribution in [0.4, 0.5) is 0 Å². The highest BCUT2D eigenvalue weighted by atomic mass is 16.7. The lowest BCUT2D eigenvalue weighted by molar-refractivity contribution is -0.277. The van der Waals surface area contributed by atoms with Crippen LogP contribution >= 0.6 is 0 Å². The first-order valence-electron chi connectivity index (χ1n) is 10.0. The van der Waals surface area contributed by atoms with Crippen LogP contribution in [0, 0.1) is 0 Å². The van der Waals surface area contributed by atoms with Gasteiger partial charge in [0.15, 0.2) is 28.4 Å². The van der Waals surface area contributed by atoms with Crippen LogP contribution in [0.15, 0.2) is 39.5 Å². The molecule has 1 aliphatic rings. The van der Waals surface area contributed by atoms with Gasteiger partial charge in [-0.3, -0.25) is 4.79 Å². The Kier molecular flexibility index (Phi) is 6.25. The van der Waals surface area contributed by atoms with Crippen molar-refractivity contribution in [1.29, 1.82) is 0 Å². The van der Waals surface area contributed by atoms with Crippen molar-refractivity contribution in [1.82, 2.24) is 0 Å². The fourth-order valence-electron chi connectivity index (χ4n) is 3.66. The van der Waals surface area contributed by atoms with E-state index in [2.05, 4.69) is 0 Å². The normalized spacial score (nSPS) is 24.8. The first kappa shape index (κ1) is 23.6. The molecule has 0 unspecified atom stereocenters. The Hall–Kier alpha value is -3.55. The van der Waals surface area contributed by atoms with Gasteiger partial charge in [-0.1, -0.05) is 0 Å². The highest BCUT2D eigenvalue weighted by Gasteiger charge is 2.45. The molecule has 2 aromatic carbocycles. The molecule has 1 aromatic heterocycles. The fraction of sp³-hybridized carbons (Fsp3) is 0.318. The van der Waals surface area contributed by atoms with Crippen LogP contribution in [-0.4, -0.2) is 80.2 Å². The van der Waals surface area contributed by atoms with Crippen LogP contribution < -0.4 is 14.9 Å². The van der Waals surface area contributed by atoms with E-state index in [0.29, 0.717) is 0 Å². The summed E-state index contributed by atoms with van der Waals surface area (Å²) in [5.41, 5.74) is -0.562. The van der Waals surface area contributed by atoms with Gasteiger partial charge in [0.05, 0.1) is 13.7 Å². The molecule has 12 nitrogen and oxygen atoms in total. The van der Waals surface area contributed by atoms with Crippen LogP contribution in [0.1, 0.15) is 0 Å². The summed E-state index contributed by atoms with van der Waals surface area (Å²) < 4.78 is 21.8. The number of benzene rings is 2. The average Bonchev–Trinajstić information content (AvgIpc) is 2.80. The van der Waals surface area contributed by atoms with Gasteiger partial charge in [0.2, 0.25) is 12.0 Å². The molecule has 12 heteroatoms. The van der Waals surface area contributed by atoms with E-state index in [1.807, 2.05) is 0 Å². The molecular weight excluding hydrogens is 456 g/mol.